The number of nitrogens with zero attached hydrogens (tertiary/aromatic N) is 1. The third-order valence-corrected chi connectivity index (χ3v) is 3.94. The molecule has 19 heavy (non-hydrogen) atoms. The van der Waals surface area contributed by atoms with Crippen LogP contribution in [-0.2, 0) is 0 Å². The molecule has 1 aromatic heterocycles. The first-order valence-electron chi connectivity index (χ1n) is 6.59. The number of fused-ring (bicyclic) bond motifs is 1. The Kier molecular flexibility index (Phi) is 2.98. The normalized spacial score (nSPS) is 17.7. The molecule has 3 N–H and O–H groups in total. The molecule has 100 valence electrons. The van der Waals surface area contributed by atoms with E-state index in [1.807, 2.05) is 12.1 Å². The van der Waals surface area contributed by atoms with Crippen LogP contribution in [0.25, 0.3) is 10.9 Å². The number of carbonyl (C=O) groups excluding carboxylic acids is 1. The zero-order chi connectivity index (χ0) is 13.3. The SMILES string of the molecule is O=C(NC1(CO)CCCC1)c1ccc2[nH]ncc2c1. The van der Waals surface area contributed by atoms with Gasteiger partial charge in [-0.25, -0.2) is 0 Å². The molecule has 1 aromatic carbocycles. The van der Waals surface area contributed by atoms with Crippen LogP contribution >= 0.6 is 0 Å². The van der Waals surface area contributed by atoms with E-state index in [0.717, 1.165) is 36.6 Å². The molecule has 0 atom stereocenters. The van der Waals surface area contributed by atoms with E-state index in [-0.39, 0.29) is 12.5 Å². The molecule has 1 aliphatic carbocycles. The summed E-state index contributed by atoms with van der Waals surface area (Å²) in [4.78, 5) is 12.3. The summed E-state index contributed by atoms with van der Waals surface area (Å²) in [7, 11) is 0. The van der Waals surface area contributed by atoms with Gasteiger partial charge in [0, 0.05) is 10.9 Å². The van der Waals surface area contributed by atoms with E-state index in [9.17, 15) is 9.90 Å². The van der Waals surface area contributed by atoms with Gasteiger partial charge in [0.25, 0.3) is 5.91 Å². The molecule has 0 aliphatic heterocycles. The summed E-state index contributed by atoms with van der Waals surface area (Å²) in [5.41, 5.74) is 1.09. The van der Waals surface area contributed by atoms with Crippen molar-refractivity contribution in [3.8, 4) is 0 Å². The minimum atomic E-state index is -0.428. The lowest BCUT2D eigenvalue weighted by Gasteiger charge is -2.28. The Bertz CT molecular complexity index is 600. The monoisotopic (exact) mass is 259 g/mol. The number of hydrogen-bond acceptors (Lipinski definition) is 3. The maximum Gasteiger partial charge on any atom is 0.251 e. The average molecular weight is 259 g/mol. The Morgan fingerprint density at radius 3 is 2.95 bits per heavy atom. The number of carbonyl (C=O) groups is 1. The molecular weight excluding hydrogens is 242 g/mol. The molecule has 0 unspecified atom stereocenters. The van der Waals surface area contributed by atoms with Gasteiger partial charge in [-0.2, -0.15) is 5.10 Å². The molecule has 2 aromatic rings. The summed E-state index contributed by atoms with van der Waals surface area (Å²) in [5.74, 6) is -0.126. The fourth-order valence-corrected chi connectivity index (χ4v) is 2.77. The third-order valence-electron chi connectivity index (χ3n) is 3.94. The van der Waals surface area contributed by atoms with E-state index < -0.39 is 5.54 Å². The van der Waals surface area contributed by atoms with Crippen molar-refractivity contribution in [1.82, 2.24) is 15.5 Å². The van der Waals surface area contributed by atoms with Crippen molar-refractivity contribution < 1.29 is 9.90 Å². The van der Waals surface area contributed by atoms with Crippen LogP contribution in [0.15, 0.2) is 24.4 Å². The van der Waals surface area contributed by atoms with E-state index in [2.05, 4.69) is 15.5 Å². The number of H-pyrrole nitrogens is 1. The molecule has 1 saturated carbocycles. The number of rotatable bonds is 3. The zero-order valence-corrected chi connectivity index (χ0v) is 10.6. The third kappa shape index (κ3) is 2.21. The van der Waals surface area contributed by atoms with Crippen molar-refractivity contribution >= 4 is 16.8 Å². The van der Waals surface area contributed by atoms with Crippen molar-refractivity contribution in [2.75, 3.05) is 6.61 Å². The van der Waals surface area contributed by atoms with Crippen molar-refractivity contribution in [2.24, 2.45) is 0 Å². The number of amides is 1. The second-order valence-corrected chi connectivity index (χ2v) is 5.27. The Morgan fingerprint density at radius 2 is 2.21 bits per heavy atom. The summed E-state index contributed by atoms with van der Waals surface area (Å²) < 4.78 is 0. The number of hydrogen-bond donors (Lipinski definition) is 3. The molecule has 5 heteroatoms. The van der Waals surface area contributed by atoms with Crippen molar-refractivity contribution in [1.29, 1.82) is 0 Å². The van der Waals surface area contributed by atoms with Gasteiger partial charge in [-0.1, -0.05) is 12.8 Å². The van der Waals surface area contributed by atoms with Crippen LogP contribution in [0.5, 0.6) is 0 Å². The van der Waals surface area contributed by atoms with E-state index >= 15 is 0 Å². The lowest BCUT2D eigenvalue weighted by atomic mass is 9.98. The maximum absolute atomic E-state index is 12.3. The number of nitrogens with one attached hydrogen (secondary N) is 2. The van der Waals surface area contributed by atoms with Gasteiger partial charge in [0.15, 0.2) is 0 Å². The van der Waals surface area contributed by atoms with Crippen molar-refractivity contribution in [3.05, 3.63) is 30.0 Å². The van der Waals surface area contributed by atoms with Gasteiger partial charge in [0.05, 0.1) is 23.9 Å². The molecule has 0 radical (unpaired) electrons. The number of aliphatic hydroxyl groups is 1. The molecule has 3 rings (SSSR count). The molecule has 0 spiro atoms. The highest BCUT2D eigenvalue weighted by Crippen LogP contribution is 2.29. The van der Waals surface area contributed by atoms with Crippen LogP contribution in [0.2, 0.25) is 0 Å². The van der Waals surface area contributed by atoms with Crippen LogP contribution in [0.3, 0.4) is 0 Å². The van der Waals surface area contributed by atoms with E-state index in [1.54, 1.807) is 12.3 Å². The molecule has 5 nitrogen and oxygen atoms in total. The molecule has 1 fully saturated rings. The number of aromatic nitrogens is 2. The second kappa shape index (κ2) is 4.66. The molecule has 1 heterocycles. The second-order valence-electron chi connectivity index (χ2n) is 5.27. The molecular formula is C14H17N3O2. The molecule has 0 saturated heterocycles. The Morgan fingerprint density at radius 1 is 1.42 bits per heavy atom. The number of aromatic amines is 1. The molecule has 0 bridgehead atoms. The van der Waals surface area contributed by atoms with E-state index in [1.165, 1.54) is 0 Å². The van der Waals surface area contributed by atoms with Gasteiger partial charge < -0.3 is 10.4 Å². The van der Waals surface area contributed by atoms with E-state index in [4.69, 9.17) is 0 Å². The Hall–Kier alpha value is -1.88. The van der Waals surface area contributed by atoms with Gasteiger partial charge in [-0.05, 0) is 31.0 Å². The van der Waals surface area contributed by atoms with Crippen molar-refractivity contribution in [3.63, 3.8) is 0 Å². The first kappa shape index (κ1) is 12.2. The first-order chi connectivity index (χ1) is 9.22. The minimum Gasteiger partial charge on any atom is -0.394 e. The summed E-state index contributed by atoms with van der Waals surface area (Å²) in [5, 5.41) is 20.2. The fraction of sp³-hybridized carbons (Fsp3) is 0.429. The van der Waals surface area contributed by atoms with Gasteiger partial charge in [0.1, 0.15) is 0 Å². The quantitative estimate of drug-likeness (QED) is 0.783. The van der Waals surface area contributed by atoms with Gasteiger partial charge in [-0.3, -0.25) is 9.89 Å². The Labute approximate surface area is 111 Å². The van der Waals surface area contributed by atoms with Crippen LogP contribution < -0.4 is 5.32 Å². The van der Waals surface area contributed by atoms with E-state index in [0.29, 0.717) is 5.56 Å². The summed E-state index contributed by atoms with van der Waals surface area (Å²) in [6.07, 6.45) is 5.51. The largest absolute Gasteiger partial charge is 0.394 e. The predicted octanol–water partition coefficient (Wildman–Crippen LogP) is 1.60. The topological polar surface area (TPSA) is 78.0 Å². The summed E-state index contributed by atoms with van der Waals surface area (Å²) in [6, 6.07) is 5.43. The molecule has 1 amide bonds. The van der Waals surface area contributed by atoms with Gasteiger partial charge in [-0.15, -0.1) is 0 Å². The average Bonchev–Trinajstić information content (AvgIpc) is 3.06. The van der Waals surface area contributed by atoms with Crippen molar-refractivity contribution in [2.45, 2.75) is 31.2 Å². The smallest absolute Gasteiger partial charge is 0.251 e. The maximum atomic E-state index is 12.3. The van der Waals surface area contributed by atoms with Crippen LogP contribution in [0.4, 0.5) is 0 Å². The van der Waals surface area contributed by atoms with Gasteiger partial charge >= 0.3 is 0 Å². The lowest BCUT2D eigenvalue weighted by Crippen LogP contribution is -2.49. The first-order valence-corrected chi connectivity index (χ1v) is 6.59. The van der Waals surface area contributed by atoms with Crippen LogP contribution in [0.1, 0.15) is 36.0 Å². The predicted molar refractivity (Wildman–Crippen MR) is 71.8 cm³/mol. The van der Waals surface area contributed by atoms with Crippen LogP contribution in [-0.4, -0.2) is 33.4 Å². The standard InChI is InChI=1S/C14H17N3O2/c18-9-14(5-1-2-6-14)16-13(19)10-3-4-12-11(7-10)8-15-17-12/h3-4,7-8,18H,1-2,5-6,9H2,(H,15,17)(H,16,19). The molecule has 1 aliphatic rings. The number of benzene rings is 1. The summed E-state index contributed by atoms with van der Waals surface area (Å²) >= 11 is 0. The zero-order valence-electron chi connectivity index (χ0n) is 10.6. The number of aliphatic hydroxyl groups excluding tert-OH is 1. The minimum absolute atomic E-state index is 0.00664. The Balaban J connectivity index is 1.82. The highest BCUT2D eigenvalue weighted by Gasteiger charge is 2.34. The van der Waals surface area contributed by atoms with Crippen LogP contribution in [0, 0.1) is 0 Å². The van der Waals surface area contributed by atoms with Gasteiger partial charge in [0.2, 0.25) is 0 Å². The lowest BCUT2D eigenvalue weighted by molar-refractivity contribution is 0.0838. The fourth-order valence-electron chi connectivity index (χ4n) is 2.77. The highest BCUT2D eigenvalue weighted by atomic mass is 16.3. The summed E-state index contributed by atoms with van der Waals surface area (Å²) in [6.45, 7) is 0.00664. The highest BCUT2D eigenvalue weighted by molar-refractivity contribution is 5.98.